The molecule has 1 atom stereocenters. The molecule has 5 rings (SSSR count). The second-order valence-electron chi connectivity index (χ2n) is 6.51. The lowest BCUT2D eigenvalue weighted by molar-refractivity contribution is 0.0622. The molecule has 1 amide bonds. The zero-order valence-corrected chi connectivity index (χ0v) is 15.1. The Morgan fingerprint density at radius 2 is 2.00 bits per heavy atom. The summed E-state index contributed by atoms with van der Waals surface area (Å²) in [6.07, 6.45) is 2.31. The average Bonchev–Trinajstić information content (AvgIpc) is 3.07. The number of thiophene rings is 1. The van der Waals surface area contributed by atoms with Gasteiger partial charge in [-0.25, -0.2) is 8.78 Å². The Kier molecular flexibility index (Phi) is 4.80. The van der Waals surface area contributed by atoms with E-state index in [1.165, 1.54) is 35.2 Å². The van der Waals surface area contributed by atoms with Crippen LogP contribution in [0.25, 0.3) is 0 Å². The maximum atomic E-state index is 13.8. The maximum Gasteiger partial charge on any atom is 0.261 e. The van der Waals surface area contributed by atoms with E-state index >= 15 is 0 Å². The molecule has 0 radical (unpaired) electrons. The number of fused-ring (bicyclic) bond motifs is 3. The molecule has 1 unspecified atom stereocenters. The van der Waals surface area contributed by atoms with Gasteiger partial charge in [0, 0.05) is 23.5 Å². The summed E-state index contributed by atoms with van der Waals surface area (Å²) in [6.45, 7) is 3.21. The molecule has 1 aromatic heterocycles. The Morgan fingerprint density at radius 3 is 2.68 bits per heavy atom. The number of halogens is 2. The number of carbonyl (C=O) groups is 1. The first-order valence-corrected chi connectivity index (χ1v) is 9.98. The highest BCUT2D eigenvalue weighted by Gasteiger charge is 2.35. The summed E-state index contributed by atoms with van der Waals surface area (Å²) in [5.74, 6) is -0.659. The lowest BCUT2D eigenvalue weighted by Crippen LogP contribution is -2.57. The van der Waals surface area contributed by atoms with Crippen LogP contribution >= 0.6 is 23.1 Å². The number of carbonyl (C=O) groups excluding carboxylic acids is 1. The first kappa shape index (κ1) is 17.0. The minimum Gasteiger partial charge on any atom is -0.347 e. The number of amides is 1. The Balaban J connectivity index is 1.41. The van der Waals surface area contributed by atoms with Crippen molar-refractivity contribution >= 4 is 29.0 Å². The highest BCUT2D eigenvalue weighted by atomic mass is 32.2. The highest BCUT2D eigenvalue weighted by Crippen LogP contribution is 2.35. The molecule has 0 aliphatic carbocycles. The number of hydrogen-bond acceptors (Lipinski definition) is 4. The Hall–Kier alpha value is -1.44. The van der Waals surface area contributed by atoms with Gasteiger partial charge in [-0.15, -0.1) is 11.3 Å². The van der Waals surface area contributed by atoms with Crippen molar-refractivity contribution in [2.24, 2.45) is 5.92 Å². The zero-order valence-electron chi connectivity index (χ0n) is 13.5. The van der Waals surface area contributed by atoms with Crippen molar-refractivity contribution in [2.75, 3.05) is 19.6 Å². The molecule has 3 aliphatic heterocycles. The van der Waals surface area contributed by atoms with Crippen molar-refractivity contribution in [2.45, 2.75) is 28.0 Å². The summed E-state index contributed by atoms with van der Waals surface area (Å²) in [5, 5.41) is 3.16. The molecule has 0 saturated carbocycles. The lowest BCUT2D eigenvalue weighted by Gasteiger charge is -2.44. The molecular formula is C18H18F2N2OS2. The predicted octanol–water partition coefficient (Wildman–Crippen LogP) is 4.00. The fourth-order valence-electron chi connectivity index (χ4n) is 3.53. The van der Waals surface area contributed by atoms with Gasteiger partial charge in [0.25, 0.3) is 5.91 Å². The van der Waals surface area contributed by atoms with Gasteiger partial charge in [0.2, 0.25) is 0 Å². The normalized spacial score (nSPS) is 25.1. The van der Waals surface area contributed by atoms with Crippen LogP contribution in [0.4, 0.5) is 8.78 Å². The molecule has 3 aliphatic rings. The van der Waals surface area contributed by atoms with Crippen LogP contribution < -0.4 is 5.32 Å². The Morgan fingerprint density at radius 1 is 1.20 bits per heavy atom. The van der Waals surface area contributed by atoms with E-state index in [0.29, 0.717) is 15.7 Å². The van der Waals surface area contributed by atoms with Crippen molar-refractivity contribution < 1.29 is 13.6 Å². The summed E-state index contributed by atoms with van der Waals surface area (Å²) < 4.78 is 27.5. The van der Waals surface area contributed by atoms with Gasteiger partial charge < -0.3 is 10.2 Å². The number of nitrogens with one attached hydrogen (secondary N) is 1. The van der Waals surface area contributed by atoms with Gasteiger partial charge in [-0.2, -0.15) is 0 Å². The molecule has 3 nitrogen and oxygen atoms in total. The monoisotopic (exact) mass is 380 g/mol. The molecule has 2 bridgehead atoms. The second-order valence-corrected chi connectivity index (χ2v) is 8.94. The van der Waals surface area contributed by atoms with Gasteiger partial charge in [0.15, 0.2) is 0 Å². The van der Waals surface area contributed by atoms with Crippen LogP contribution in [0.2, 0.25) is 0 Å². The van der Waals surface area contributed by atoms with E-state index in [9.17, 15) is 13.6 Å². The summed E-state index contributed by atoms with van der Waals surface area (Å²) in [7, 11) is 0. The smallest absolute Gasteiger partial charge is 0.261 e. The van der Waals surface area contributed by atoms with Crippen LogP contribution in [0.15, 0.2) is 39.4 Å². The van der Waals surface area contributed by atoms with Crippen molar-refractivity contribution in [3.63, 3.8) is 0 Å². The van der Waals surface area contributed by atoms with Gasteiger partial charge in [-0.1, -0.05) is 11.8 Å². The molecule has 25 heavy (non-hydrogen) atoms. The molecule has 1 N–H and O–H groups in total. The topological polar surface area (TPSA) is 32.3 Å². The van der Waals surface area contributed by atoms with Gasteiger partial charge in [0.1, 0.15) is 11.6 Å². The Bertz CT molecular complexity index is 787. The summed E-state index contributed by atoms with van der Waals surface area (Å²) >= 11 is 2.54. The first-order valence-electron chi connectivity index (χ1n) is 8.34. The third kappa shape index (κ3) is 3.73. The number of rotatable bonds is 4. The van der Waals surface area contributed by atoms with Crippen LogP contribution in [0, 0.1) is 17.6 Å². The van der Waals surface area contributed by atoms with Crippen molar-refractivity contribution in [1.82, 2.24) is 10.2 Å². The zero-order chi connectivity index (χ0) is 17.4. The van der Waals surface area contributed by atoms with Crippen LogP contribution in [-0.4, -0.2) is 36.5 Å². The van der Waals surface area contributed by atoms with E-state index in [-0.39, 0.29) is 11.9 Å². The second kappa shape index (κ2) is 7.05. The van der Waals surface area contributed by atoms with Crippen molar-refractivity contribution in [3.05, 3.63) is 46.8 Å². The fourth-order valence-corrected chi connectivity index (χ4v) is 5.52. The average molecular weight is 380 g/mol. The molecule has 0 spiro atoms. The molecule has 2 aromatic rings. The molecule has 3 saturated heterocycles. The minimum absolute atomic E-state index is 0.0600. The van der Waals surface area contributed by atoms with Crippen LogP contribution in [-0.2, 0) is 0 Å². The predicted molar refractivity (Wildman–Crippen MR) is 95.2 cm³/mol. The van der Waals surface area contributed by atoms with Gasteiger partial charge >= 0.3 is 0 Å². The molecule has 1 aromatic carbocycles. The van der Waals surface area contributed by atoms with Gasteiger partial charge in [-0.05, 0) is 56.1 Å². The third-order valence-electron chi connectivity index (χ3n) is 4.88. The highest BCUT2D eigenvalue weighted by molar-refractivity contribution is 8.01. The molecular weight excluding hydrogens is 362 g/mol. The van der Waals surface area contributed by atoms with Crippen molar-refractivity contribution in [1.29, 1.82) is 0 Å². The first-order chi connectivity index (χ1) is 12.1. The van der Waals surface area contributed by atoms with E-state index in [1.807, 2.05) is 6.07 Å². The number of piperidine rings is 3. The largest absolute Gasteiger partial charge is 0.347 e. The SMILES string of the molecule is O=C(NC1CN2CCC1CC2)c1ccc(Sc2ccc(F)cc2F)s1. The maximum absolute atomic E-state index is 13.8. The number of benzene rings is 1. The molecule has 4 heterocycles. The van der Waals surface area contributed by atoms with E-state index in [2.05, 4.69) is 10.2 Å². The van der Waals surface area contributed by atoms with Crippen molar-refractivity contribution in [3.8, 4) is 0 Å². The number of hydrogen-bond donors (Lipinski definition) is 1. The Labute approximate surface area is 153 Å². The summed E-state index contributed by atoms with van der Waals surface area (Å²) in [5.41, 5.74) is 0. The standard InChI is InChI=1S/C18H18F2N2OS2/c19-12-1-2-15(13(20)9-12)24-17-4-3-16(25-17)18(23)21-14-10-22-7-5-11(14)6-8-22/h1-4,9,11,14H,5-8,10H2,(H,21,23). The molecule has 3 fully saturated rings. The molecule has 7 heteroatoms. The minimum atomic E-state index is -0.592. The van der Waals surface area contributed by atoms with E-state index in [1.54, 1.807) is 6.07 Å². The van der Waals surface area contributed by atoms with E-state index in [4.69, 9.17) is 0 Å². The van der Waals surface area contributed by atoms with Crippen LogP contribution in [0.5, 0.6) is 0 Å². The lowest BCUT2D eigenvalue weighted by atomic mass is 9.84. The summed E-state index contributed by atoms with van der Waals surface area (Å²) in [6, 6.07) is 7.33. The number of nitrogens with zero attached hydrogens (tertiary/aromatic N) is 1. The van der Waals surface area contributed by atoms with E-state index in [0.717, 1.165) is 42.8 Å². The fraction of sp³-hybridized carbons (Fsp3) is 0.389. The molecule has 132 valence electrons. The van der Waals surface area contributed by atoms with Crippen LogP contribution in [0.3, 0.4) is 0 Å². The van der Waals surface area contributed by atoms with Crippen LogP contribution in [0.1, 0.15) is 22.5 Å². The summed E-state index contributed by atoms with van der Waals surface area (Å²) in [4.78, 5) is 15.9. The quantitative estimate of drug-likeness (QED) is 0.870. The van der Waals surface area contributed by atoms with Gasteiger partial charge in [0.05, 0.1) is 9.09 Å². The third-order valence-corrected chi connectivity index (χ3v) is 7.15. The van der Waals surface area contributed by atoms with Gasteiger partial charge in [-0.3, -0.25) is 4.79 Å². The van der Waals surface area contributed by atoms with E-state index < -0.39 is 11.6 Å².